The summed E-state index contributed by atoms with van der Waals surface area (Å²) in [5.41, 5.74) is 0. The van der Waals surface area contributed by atoms with Crippen molar-refractivity contribution >= 4 is 5.96 Å². The predicted octanol–water partition coefficient (Wildman–Crippen LogP) is 1.28. The highest BCUT2D eigenvalue weighted by Crippen LogP contribution is 2.26. The number of hydrogen-bond acceptors (Lipinski definition) is 4. The zero-order chi connectivity index (χ0) is 17.5. The van der Waals surface area contributed by atoms with Crippen molar-refractivity contribution in [2.45, 2.75) is 63.1 Å². The first-order chi connectivity index (χ1) is 12.3. The molecule has 0 bridgehead atoms. The van der Waals surface area contributed by atoms with Crippen LogP contribution < -0.4 is 10.6 Å². The number of nitrogens with one attached hydrogen (secondary N) is 2. The fourth-order valence-electron chi connectivity index (χ4n) is 4.74. The third kappa shape index (κ3) is 5.31. The summed E-state index contributed by atoms with van der Waals surface area (Å²) in [7, 11) is 3.67. The molecule has 1 aliphatic carbocycles. The fourth-order valence-corrected chi connectivity index (χ4v) is 4.74. The SMILES string of the molecule is CN=C(NCC1CCCN1CCOC)NC1CCN(C2CCCC2)C1. The standard InChI is InChI=1S/C19H37N5O/c1-20-19(21-14-18-8-5-10-23(18)12-13-25-2)22-16-9-11-24(15-16)17-6-3-4-7-17/h16-18H,3-15H2,1-2H3,(H2,20,21,22). The Kier molecular flexibility index (Phi) is 7.37. The number of nitrogens with zero attached hydrogens (tertiary/aromatic N) is 3. The van der Waals surface area contributed by atoms with Crippen LogP contribution in [0.4, 0.5) is 0 Å². The maximum atomic E-state index is 5.24. The minimum atomic E-state index is 0.542. The van der Waals surface area contributed by atoms with Crippen LogP contribution in [0.3, 0.4) is 0 Å². The van der Waals surface area contributed by atoms with Crippen LogP contribution in [0.25, 0.3) is 0 Å². The number of guanidine groups is 1. The second kappa shape index (κ2) is 9.74. The molecule has 2 N–H and O–H groups in total. The number of likely N-dealkylation sites (tertiary alicyclic amines) is 2. The summed E-state index contributed by atoms with van der Waals surface area (Å²) in [6.07, 6.45) is 9.44. The van der Waals surface area contributed by atoms with Gasteiger partial charge in [0, 0.05) is 58.5 Å². The Labute approximate surface area is 153 Å². The molecule has 2 heterocycles. The van der Waals surface area contributed by atoms with E-state index in [1.807, 2.05) is 7.05 Å². The highest BCUT2D eigenvalue weighted by Gasteiger charge is 2.30. The quantitative estimate of drug-likeness (QED) is 0.535. The van der Waals surface area contributed by atoms with Crippen molar-refractivity contribution in [1.82, 2.24) is 20.4 Å². The second-order valence-electron chi connectivity index (χ2n) is 7.84. The summed E-state index contributed by atoms with van der Waals surface area (Å²) in [6.45, 7) is 6.45. The molecule has 0 aromatic heterocycles. The molecule has 0 aromatic rings. The van der Waals surface area contributed by atoms with E-state index in [-0.39, 0.29) is 0 Å². The van der Waals surface area contributed by atoms with Gasteiger partial charge in [-0.25, -0.2) is 0 Å². The van der Waals surface area contributed by atoms with Crippen LogP contribution in [-0.2, 0) is 4.74 Å². The van der Waals surface area contributed by atoms with Crippen LogP contribution in [0.15, 0.2) is 4.99 Å². The minimum absolute atomic E-state index is 0.542. The van der Waals surface area contributed by atoms with E-state index in [1.165, 1.54) is 64.6 Å². The summed E-state index contributed by atoms with van der Waals surface area (Å²) in [4.78, 5) is 9.69. The Morgan fingerprint density at radius 2 is 1.96 bits per heavy atom. The van der Waals surface area contributed by atoms with Gasteiger partial charge in [-0.3, -0.25) is 14.8 Å². The molecule has 144 valence electrons. The molecule has 2 atom stereocenters. The molecule has 2 unspecified atom stereocenters. The molecule has 1 saturated carbocycles. The van der Waals surface area contributed by atoms with E-state index in [0.717, 1.165) is 31.7 Å². The molecule has 25 heavy (non-hydrogen) atoms. The van der Waals surface area contributed by atoms with Gasteiger partial charge in [0.2, 0.25) is 0 Å². The lowest BCUT2D eigenvalue weighted by Gasteiger charge is -2.26. The van der Waals surface area contributed by atoms with Crippen molar-refractivity contribution in [2.24, 2.45) is 4.99 Å². The molecule has 0 aromatic carbocycles. The lowest BCUT2D eigenvalue weighted by atomic mass is 10.2. The average Bonchev–Trinajstić information content (AvgIpc) is 3.38. The lowest BCUT2D eigenvalue weighted by Crippen LogP contribution is -2.49. The summed E-state index contributed by atoms with van der Waals surface area (Å²) >= 11 is 0. The zero-order valence-electron chi connectivity index (χ0n) is 16.2. The van der Waals surface area contributed by atoms with E-state index in [9.17, 15) is 0 Å². The first-order valence-electron chi connectivity index (χ1n) is 10.2. The molecule has 3 rings (SSSR count). The van der Waals surface area contributed by atoms with E-state index in [1.54, 1.807) is 7.11 Å². The van der Waals surface area contributed by atoms with Gasteiger partial charge >= 0.3 is 0 Å². The Balaban J connectivity index is 1.39. The van der Waals surface area contributed by atoms with Gasteiger partial charge in [0.1, 0.15) is 0 Å². The fraction of sp³-hybridized carbons (Fsp3) is 0.947. The molecule has 0 spiro atoms. The van der Waals surface area contributed by atoms with Crippen molar-refractivity contribution in [1.29, 1.82) is 0 Å². The van der Waals surface area contributed by atoms with E-state index < -0.39 is 0 Å². The van der Waals surface area contributed by atoms with Crippen molar-refractivity contribution in [3.8, 4) is 0 Å². The van der Waals surface area contributed by atoms with Gasteiger partial charge in [0.15, 0.2) is 5.96 Å². The summed E-state index contributed by atoms with van der Waals surface area (Å²) in [5.74, 6) is 0.969. The smallest absolute Gasteiger partial charge is 0.191 e. The molecular weight excluding hydrogens is 314 g/mol. The van der Waals surface area contributed by atoms with Crippen LogP contribution in [0, 0.1) is 0 Å². The van der Waals surface area contributed by atoms with E-state index in [0.29, 0.717) is 12.1 Å². The molecule has 6 heteroatoms. The Hall–Kier alpha value is -0.850. The maximum Gasteiger partial charge on any atom is 0.191 e. The van der Waals surface area contributed by atoms with Gasteiger partial charge in [-0.15, -0.1) is 0 Å². The third-order valence-electron chi connectivity index (χ3n) is 6.21. The van der Waals surface area contributed by atoms with Gasteiger partial charge in [0.25, 0.3) is 0 Å². The molecule has 0 amide bonds. The second-order valence-corrected chi connectivity index (χ2v) is 7.84. The van der Waals surface area contributed by atoms with Crippen LogP contribution in [0.2, 0.25) is 0 Å². The molecule has 0 radical (unpaired) electrons. The van der Waals surface area contributed by atoms with Gasteiger partial charge in [-0.05, 0) is 38.6 Å². The predicted molar refractivity (Wildman–Crippen MR) is 103 cm³/mol. The first kappa shape index (κ1) is 18.9. The molecule has 3 fully saturated rings. The van der Waals surface area contributed by atoms with Crippen molar-refractivity contribution in [3.05, 3.63) is 0 Å². The molecular formula is C19H37N5O. The molecule has 3 aliphatic rings. The highest BCUT2D eigenvalue weighted by molar-refractivity contribution is 5.80. The number of methoxy groups -OCH3 is 1. The molecule has 2 aliphatic heterocycles. The van der Waals surface area contributed by atoms with E-state index >= 15 is 0 Å². The van der Waals surface area contributed by atoms with Crippen LogP contribution in [-0.4, -0.2) is 87.4 Å². The zero-order valence-corrected chi connectivity index (χ0v) is 16.2. The Bertz CT molecular complexity index is 424. The van der Waals surface area contributed by atoms with Crippen molar-refractivity contribution in [2.75, 3.05) is 53.5 Å². The monoisotopic (exact) mass is 351 g/mol. The Morgan fingerprint density at radius 3 is 2.72 bits per heavy atom. The van der Waals surface area contributed by atoms with Crippen LogP contribution >= 0.6 is 0 Å². The third-order valence-corrected chi connectivity index (χ3v) is 6.21. The number of ether oxygens (including phenoxy) is 1. The normalized spacial score (nSPS) is 29.6. The average molecular weight is 352 g/mol. The van der Waals surface area contributed by atoms with Gasteiger partial charge < -0.3 is 15.4 Å². The summed E-state index contributed by atoms with van der Waals surface area (Å²) in [6, 6.07) is 1.99. The molecule has 6 nitrogen and oxygen atoms in total. The first-order valence-corrected chi connectivity index (χ1v) is 10.2. The maximum absolute atomic E-state index is 5.24. The van der Waals surface area contributed by atoms with Crippen molar-refractivity contribution in [3.63, 3.8) is 0 Å². The Morgan fingerprint density at radius 1 is 1.12 bits per heavy atom. The topological polar surface area (TPSA) is 52.1 Å². The van der Waals surface area contributed by atoms with Crippen LogP contribution in [0.5, 0.6) is 0 Å². The van der Waals surface area contributed by atoms with E-state index in [4.69, 9.17) is 4.74 Å². The number of aliphatic imine (C=N–C) groups is 1. The number of rotatable bonds is 7. The van der Waals surface area contributed by atoms with Crippen LogP contribution in [0.1, 0.15) is 44.9 Å². The summed E-state index contributed by atoms with van der Waals surface area (Å²) in [5, 5.41) is 7.22. The van der Waals surface area contributed by atoms with Gasteiger partial charge in [-0.2, -0.15) is 0 Å². The van der Waals surface area contributed by atoms with E-state index in [2.05, 4.69) is 25.4 Å². The largest absolute Gasteiger partial charge is 0.383 e. The summed E-state index contributed by atoms with van der Waals surface area (Å²) < 4.78 is 5.24. The minimum Gasteiger partial charge on any atom is -0.383 e. The van der Waals surface area contributed by atoms with Gasteiger partial charge in [-0.1, -0.05) is 12.8 Å². The molecule has 2 saturated heterocycles. The van der Waals surface area contributed by atoms with Gasteiger partial charge in [0.05, 0.1) is 6.61 Å². The highest BCUT2D eigenvalue weighted by atomic mass is 16.5. The van der Waals surface area contributed by atoms with Crippen molar-refractivity contribution < 1.29 is 4.74 Å². The lowest BCUT2D eigenvalue weighted by molar-refractivity contribution is 0.141. The number of hydrogen-bond donors (Lipinski definition) is 2.